The number of rotatable bonds is 1. The predicted molar refractivity (Wildman–Crippen MR) is 63.7 cm³/mol. The maximum absolute atomic E-state index is 12.2. The Kier molecular flexibility index (Phi) is 2.21. The van der Waals surface area contributed by atoms with E-state index in [2.05, 4.69) is 0 Å². The Morgan fingerprint density at radius 1 is 1.19 bits per heavy atom. The number of amides is 1. The molecule has 1 aromatic rings. The molecule has 1 heterocycles. The lowest BCUT2D eigenvalue weighted by Gasteiger charge is -2.58. The SMILES string of the molecule is O=C(c1ccc(Cl)cc1)N1CCC12CCC2. The maximum Gasteiger partial charge on any atom is 0.254 e. The van der Waals surface area contributed by atoms with Gasteiger partial charge in [-0.3, -0.25) is 4.79 Å². The molecule has 3 rings (SSSR count). The summed E-state index contributed by atoms with van der Waals surface area (Å²) >= 11 is 5.81. The lowest BCUT2D eigenvalue weighted by atomic mass is 9.67. The van der Waals surface area contributed by atoms with Crippen molar-refractivity contribution < 1.29 is 4.79 Å². The van der Waals surface area contributed by atoms with E-state index >= 15 is 0 Å². The van der Waals surface area contributed by atoms with Gasteiger partial charge in [0, 0.05) is 22.7 Å². The summed E-state index contributed by atoms with van der Waals surface area (Å²) in [5.41, 5.74) is 0.992. The van der Waals surface area contributed by atoms with E-state index in [1.165, 1.54) is 25.7 Å². The molecule has 1 aliphatic carbocycles. The fourth-order valence-corrected chi connectivity index (χ4v) is 2.84. The Morgan fingerprint density at radius 2 is 1.88 bits per heavy atom. The number of nitrogens with zero attached hydrogens (tertiary/aromatic N) is 1. The minimum Gasteiger partial charge on any atom is -0.333 e. The van der Waals surface area contributed by atoms with E-state index < -0.39 is 0 Å². The van der Waals surface area contributed by atoms with Crippen LogP contribution in [0.1, 0.15) is 36.0 Å². The molecule has 0 radical (unpaired) electrons. The summed E-state index contributed by atoms with van der Waals surface area (Å²) in [7, 11) is 0. The molecule has 2 aliphatic rings. The zero-order valence-electron chi connectivity index (χ0n) is 9.08. The van der Waals surface area contributed by atoms with E-state index in [0.717, 1.165) is 12.1 Å². The van der Waals surface area contributed by atoms with Gasteiger partial charge in [0.25, 0.3) is 5.91 Å². The number of hydrogen-bond donors (Lipinski definition) is 0. The van der Waals surface area contributed by atoms with E-state index in [1.54, 1.807) is 12.1 Å². The number of benzene rings is 1. The van der Waals surface area contributed by atoms with Crippen LogP contribution in [0, 0.1) is 0 Å². The molecule has 1 aliphatic heterocycles. The van der Waals surface area contributed by atoms with Gasteiger partial charge in [0.15, 0.2) is 0 Å². The van der Waals surface area contributed by atoms with Gasteiger partial charge in [-0.1, -0.05) is 11.6 Å². The van der Waals surface area contributed by atoms with E-state index in [9.17, 15) is 4.79 Å². The maximum atomic E-state index is 12.2. The van der Waals surface area contributed by atoms with Gasteiger partial charge in [-0.15, -0.1) is 0 Å². The summed E-state index contributed by atoms with van der Waals surface area (Å²) in [4.78, 5) is 14.3. The van der Waals surface area contributed by atoms with Gasteiger partial charge in [0.1, 0.15) is 0 Å². The Morgan fingerprint density at radius 3 is 2.31 bits per heavy atom. The Hall–Kier alpha value is -1.02. The molecule has 3 heteroatoms. The van der Waals surface area contributed by atoms with Crippen LogP contribution in [0.15, 0.2) is 24.3 Å². The lowest BCUT2D eigenvalue weighted by Crippen LogP contribution is -2.65. The number of carbonyl (C=O) groups excluding carboxylic acids is 1. The van der Waals surface area contributed by atoms with Gasteiger partial charge < -0.3 is 4.90 Å². The van der Waals surface area contributed by atoms with E-state index in [-0.39, 0.29) is 11.4 Å². The summed E-state index contributed by atoms with van der Waals surface area (Å²) in [6.07, 6.45) is 4.83. The molecule has 84 valence electrons. The van der Waals surface area contributed by atoms with Crippen molar-refractivity contribution in [2.75, 3.05) is 6.54 Å². The van der Waals surface area contributed by atoms with Crippen molar-refractivity contribution in [2.24, 2.45) is 0 Å². The van der Waals surface area contributed by atoms with Crippen LogP contribution in [0.2, 0.25) is 5.02 Å². The number of likely N-dealkylation sites (tertiary alicyclic amines) is 1. The van der Waals surface area contributed by atoms with Crippen LogP contribution < -0.4 is 0 Å². The van der Waals surface area contributed by atoms with Crippen LogP contribution >= 0.6 is 11.6 Å². The summed E-state index contributed by atoms with van der Waals surface area (Å²) in [6.45, 7) is 0.918. The largest absolute Gasteiger partial charge is 0.333 e. The van der Waals surface area contributed by atoms with Crippen molar-refractivity contribution in [3.8, 4) is 0 Å². The normalized spacial score (nSPS) is 21.4. The third kappa shape index (κ3) is 1.36. The molecule has 0 N–H and O–H groups in total. The second kappa shape index (κ2) is 3.49. The molecule has 0 bridgehead atoms. The van der Waals surface area contributed by atoms with Gasteiger partial charge >= 0.3 is 0 Å². The van der Waals surface area contributed by atoms with Crippen molar-refractivity contribution in [3.05, 3.63) is 34.9 Å². The summed E-state index contributed by atoms with van der Waals surface area (Å²) in [5, 5.41) is 0.679. The number of halogens is 1. The van der Waals surface area contributed by atoms with Crippen LogP contribution in [-0.2, 0) is 0 Å². The third-order valence-electron chi connectivity index (χ3n) is 3.99. The lowest BCUT2D eigenvalue weighted by molar-refractivity contribution is -0.0487. The van der Waals surface area contributed by atoms with Crippen LogP contribution in [0.3, 0.4) is 0 Å². The minimum atomic E-state index is 0.169. The first-order chi connectivity index (χ1) is 7.71. The predicted octanol–water partition coefficient (Wildman–Crippen LogP) is 3.11. The standard InChI is InChI=1S/C13H14ClNO/c14-11-4-2-10(3-5-11)12(16)15-9-8-13(15)6-1-7-13/h2-5H,1,6-9H2. The monoisotopic (exact) mass is 235 g/mol. The van der Waals surface area contributed by atoms with Crippen molar-refractivity contribution in [1.82, 2.24) is 4.90 Å². The highest BCUT2D eigenvalue weighted by Crippen LogP contribution is 2.47. The first-order valence-corrected chi connectivity index (χ1v) is 6.17. The van der Waals surface area contributed by atoms with Crippen LogP contribution in [0.25, 0.3) is 0 Å². The topological polar surface area (TPSA) is 20.3 Å². The summed E-state index contributed by atoms with van der Waals surface area (Å²) in [6, 6.07) is 7.19. The van der Waals surface area contributed by atoms with Gasteiger partial charge in [-0.2, -0.15) is 0 Å². The molecule has 1 saturated heterocycles. The van der Waals surface area contributed by atoms with E-state index in [1.807, 2.05) is 17.0 Å². The quantitative estimate of drug-likeness (QED) is 0.733. The average Bonchev–Trinajstić information content (AvgIpc) is 2.14. The van der Waals surface area contributed by atoms with Crippen LogP contribution in [0.5, 0.6) is 0 Å². The molecule has 1 aromatic carbocycles. The molecule has 16 heavy (non-hydrogen) atoms. The smallest absolute Gasteiger partial charge is 0.254 e. The highest BCUT2D eigenvalue weighted by Gasteiger charge is 2.51. The molecule has 2 nitrogen and oxygen atoms in total. The fraction of sp³-hybridized carbons (Fsp3) is 0.462. The molecule has 1 amide bonds. The van der Waals surface area contributed by atoms with Crippen molar-refractivity contribution >= 4 is 17.5 Å². The third-order valence-corrected chi connectivity index (χ3v) is 4.25. The highest BCUT2D eigenvalue weighted by molar-refractivity contribution is 6.30. The molecule has 0 unspecified atom stereocenters. The Balaban J connectivity index is 1.80. The first-order valence-electron chi connectivity index (χ1n) is 5.79. The summed E-state index contributed by atoms with van der Waals surface area (Å²) < 4.78 is 0. The molecular weight excluding hydrogens is 222 g/mol. The van der Waals surface area contributed by atoms with Crippen LogP contribution in [0.4, 0.5) is 0 Å². The second-order valence-corrected chi connectivity index (χ2v) is 5.23. The molecular formula is C13H14ClNO. The number of carbonyl (C=O) groups is 1. The van der Waals surface area contributed by atoms with E-state index in [4.69, 9.17) is 11.6 Å². The van der Waals surface area contributed by atoms with Crippen LogP contribution in [-0.4, -0.2) is 22.9 Å². The fourth-order valence-electron chi connectivity index (χ4n) is 2.71. The van der Waals surface area contributed by atoms with Gasteiger partial charge in [-0.25, -0.2) is 0 Å². The Bertz CT molecular complexity index is 417. The minimum absolute atomic E-state index is 0.169. The zero-order chi connectivity index (χ0) is 11.2. The van der Waals surface area contributed by atoms with E-state index in [0.29, 0.717) is 5.02 Å². The van der Waals surface area contributed by atoms with Crippen molar-refractivity contribution in [1.29, 1.82) is 0 Å². The molecule has 0 aromatic heterocycles. The Labute approximate surface area is 100 Å². The first kappa shape index (κ1) is 10.2. The van der Waals surface area contributed by atoms with Gasteiger partial charge in [0.2, 0.25) is 0 Å². The zero-order valence-corrected chi connectivity index (χ0v) is 9.83. The number of hydrogen-bond acceptors (Lipinski definition) is 1. The second-order valence-electron chi connectivity index (χ2n) is 4.79. The highest BCUT2D eigenvalue weighted by atomic mass is 35.5. The molecule has 2 fully saturated rings. The molecule has 1 saturated carbocycles. The van der Waals surface area contributed by atoms with Gasteiger partial charge in [0.05, 0.1) is 0 Å². The van der Waals surface area contributed by atoms with Crippen molar-refractivity contribution in [3.63, 3.8) is 0 Å². The summed E-state index contributed by atoms with van der Waals surface area (Å²) in [5.74, 6) is 0.169. The van der Waals surface area contributed by atoms with Crippen molar-refractivity contribution in [2.45, 2.75) is 31.2 Å². The molecule has 1 spiro atoms. The average molecular weight is 236 g/mol. The van der Waals surface area contributed by atoms with Gasteiger partial charge in [-0.05, 0) is 49.9 Å². The molecule has 0 atom stereocenters.